The summed E-state index contributed by atoms with van der Waals surface area (Å²) in [6.45, 7) is 0. The molecule has 0 unspecified atom stereocenters. The van der Waals surface area contributed by atoms with Gasteiger partial charge >= 0.3 is 0 Å². The largest absolute Gasteiger partial charge is 0.454 e. The molecule has 0 fully saturated rings. The van der Waals surface area contributed by atoms with Crippen LogP contribution in [0, 0.1) is 0 Å². The van der Waals surface area contributed by atoms with Gasteiger partial charge in [0.1, 0.15) is 5.58 Å². The first-order valence-corrected chi connectivity index (χ1v) is 18.8. The lowest BCUT2D eigenvalue weighted by Crippen LogP contribution is -2.00. The maximum Gasteiger partial charge on any atom is 0.164 e. The molecule has 5 heteroatoms. The number of para-hydroxylation sites is 1. The highest BCUT2D eigenvalue weighted by Gasteiger charge is 2.22. The van der Waals surface area contributed by atoms with E-state index in [1.165, 1.54) is 10.9 Å². The normalized spacial score (nSPS) is 11.6. The first-order chi connectivity index (χ1) is 27.8. The van der Waals surface area contributed by atoms with Gasteiger partial charge in [0.15, 0.2) is 23.1 Å². The molecule has 0 saturated heterocycles. The van der Waals surface area contributed by atoms with Crippen molar-refractivity contribution in [1.29, 1.82) is 0 Å². The molecule has 0 bridgehead atoms. The van der Waals surface area contributed by atoms with Gasteiger partial charge in [0, 0.05) is 43.9 Å². The van der Waals surface area contributed by atoms with Gasteiger partial charge in [-0.25, -0.2) is 15.0 Å². The van der Waals surface area contributed by atoms with E-state index >= 15 is 0 Å². The predicted molar refractivity (Wildman–Crippen MR) is 229 cm³/mol. The molecule has 0 aliphatic carbocycles. The second-order valence-corrected chi connectivity index (χ2v) is 14.0. The van der Waals surface area contributed by atoms with Crippen molar-refractivity contribution in [3.05, 3.63) is 194 Å². The molecule has 0 saturated carbocycles. The molecule has 3 aromatic heterocycles. The Morgan fingerprint density at radius 2 is 0.929 bits per heavy atom. The van der Waals surface area contributed by atoms with E-state index in [2.05, 4.69) is 150 Å². The molecule has 11 aromatic rings. The summed E-state index contributed by atoms with van der Waals surface area (Å²) in [4.78, 5) is 15.4. The number of hydrogen-bond acceptors (Lipinski definition) is 4. The van der Waals surface area contributed by atoms with Crippen molar-refractivity contribution in [2.45, 2.75) is 0 Å². The molecule has 0 amide bonds. The Bertz CT molecular complexity index is 3240. The lowest BCUT2D eigenvalue weighted by atomic mass is 10.0. The van der Waals surface area contributed by atoms with Gasteiger partial charge in [-0.1, -0.05) is 158 Å². The summed E-state index contributed by atoms with van der Waals surface area (Å²) >= 11 is 0. The van der Waals surface area contributed by atoms with Crippen molar-refractivity contribution in [2.24, 2.45) is 0 Å². The molecule has 3 heterocycles. The molecular formula is C51H32N4O. The molecule has 0 atom stereocenters. The van der Waals surface area contributed by atoms with Crippen LogP contribution in [0.15, 0.2) is 199 Å². The van der Waals surface area contributed by atoms with E-state index < -0.39 is 0 Å². The average molecular weight is 717 g/mol. The van der Waals surface area contributed by atoms with Crippen LogP contribution in [0.3, 0.4) is 0 Å². The van der Waals surface area contributed by atoms with Crippen molar-refractivity contribution in [3.8, 4) is 62.1 Å². The Morgan fingerprint density at radius 1 is 0.375 bits per heavy atom. The molecule has 0 N–H and O–H groups in total. The van der Waals surface area contributed by atoms with Crippen molar-refractivity contribution in [2.75, 3.05) is 0 Å². The van der Waals surface area contributed by atoms with Gasteiger partial charge in [-0.3, -0.25) is 0 Å². The van der Waals surface area contributed by atoms with Crippen LogP contribution in [0.2, 0.25) is 0 Å². The number of fused-ring (bicyclic) bond motifs is 7. The van der Waals surface area contributed by atoms with Crippen LogP contribution in [-0.2, 0) is 0 Å². The van der Waals surface area contributed by atoms with Crippen molar-refractivity contribution >= 4 is 43.7 Å². The topological polar surface area (TPSA) is 56.7 Å². The van der Waals surface area contributed by atoms with Crippen molar-refractivity contribution in [3.63, 3.8) is 0 Å². The smallest absolute Gasteiger partial charge is 0.164 e. The van der Waals surface area contributed by atoms with Crippen LogP contribution in [-0.4, -0.2) is 19.5 Å². The Labute approximate surface area is 322 Å². The highest BCUT2D eigenvalue weighted by Crippen LogP contribution is 2.43. The lowest BCUT2D eigenvalue weighted by molar-refractivity contribution is 0.671. The Balaban J connectivity index is 1.15. The van der Waals surface area contributed by atoms with Crippen LogP contribution in [0.1, 0.15) is 0 Å². The molecule has 0 aliphatic heterocycles. The zero-order valence-electron chi connectivity index (χ0n) is 30.2. The van der Waals surface area contributed by atoms with E-state index in [-0.39, 0.29) is 0 Å². The molecule has 11 rings (SSSR count). The van der Waals surface area contributed by atoms with Crippen molar-refractivity contribution < 1.29 is 4.42 Å². The maximum atomic E-state index is 6.94. The van der Waals surface area contributed by atoms with E-state index in [1.54, 1.807) is 0 Å². The minimum Gasteiger partial charge on any atom is -0.454 e. The SMILES string of the molecule is c1ccc(-c2cccc(-c3nc(-c4ccccc4)nc(-c4cccc5oc6c(ccc7c8ccccc8n(-c8cccc(-c9ccccc9)c8)c76)c45)n3)c2)cc1. The number of aromatic nitrogens is 4. The molecule has 8 aromatic carbocycles. The van der Waals surface area contributed by atoms with Gasteiger partial charge in [0.25, 0.3) is 0 Å². The minimum absolute atomic E-state index is 0.587. The zero-order valence-corrected chi connectivity index (χ0v) is 30.2. The molecule has 262 valence electrons. The quantitative estimate of drug-likeness (QED) is 0.172. The van der Waals surface area contributed by atoms with E-state index in [0.717, 1.165) is 77.4 Å². The summed E-state index contributed by atoms with van der Waals surface area (Å²) in [7, 11) is 0. The van der Waals surface area contributed by atoms with Gasteiger partial charge in [-0.15, -0.1) is 0 Å². The maximum absolute atomic E-state index is 6.94. The van der Waals surface area contributed by atoms with Crippen LogP contribution in [0.4, 0.5) is 0 Å². The third-order valence-electron chi connectivity index (χ3n) is 10.6. The zero-order chi connectivity index (χ0) is 37.0. The number of hydrogen-bond donors (Lipinski definition) is 0. The summed E-state index contributed by atoms with van der Waals surface area (Å²) < 4.78 is 9.28. The Morgan fingerprint density at radius 3 is 1.68 bits per heavy atom. The summed E-state index contributed by atoms with van der Waals surface area (Å²) in [5, 5.41) is 4.27. The van der Waals surface area contributed by atoms with E-state index in [1.807, 2.05) is 48.5 Å². The third kappa shape index (κ3) is 5.29. The molecule has 0 radical (unpaired) electrons. The summed E-state index contributed by atoms with van der Waals surface area (Å²) in [5.41, 5.74) is 12.1. The molecule has 0 aliphatic rings. The lowest BCUT2D eigenvalue weighted by Gasteiger charge is -2.11. The second kappa shape index (κ2) is 13.0. The van der Waals surface area contributed by atoms with Gasteiger partial charge in [-0.05, 0) is 58.7 Å². The predicted octanol–water partition coefficient (Wildman–Crippen LogP) is 13.2. The van der Waals surface area contributed by atoms with Gasteiger partial charge in [0.05, 0.1) is 11.0 Å². The van der Waals surface area contributed by atoms with Crippen LogP contribution < -0.4 is 0 Å². The fraction of sp³-hybridized carbons (Fsp3) is 0. The molecule has 56 heavy (non-hydrogen) atoms. The first kappa shape index (κ1) is 31.9. The number of nitrogens with zero attached hydrogens (tertiary/aromatic N) is 4. The monoisotopic (exact) mass is 716 g/mol. The minimum atomic E-state index is 0.587. The Kier molecular flexibility index (Phi) is 7.42. The Hall–Kier alpha value is -7.63. The third-order valence-corrected chi connectivity index (χ3v) is 10.6. The number of benzene rings is 8. The summed E-state index contributed by atoms with van der Waals surface area (Å²) in [6.07, 6.45) is 0. The molecule has 5 nitrogen and oxygen atoms in total. The van der Waals surface area contributed by atoms with Crippen LogP contribution in [0.5, 0.6) is 0 Å². The average Bonchev–Trinajstić information content (AvgIpc) is 3.84. The van der Waals surface area contributed by atoms with Crippen LogP contribution >= 0.6 is 0 Å². The summed E-state index contributed by atoms with van der Waals surface area (Å²) in [5.74, 6) is 1.81. The van der Waals surface area contributed by atoms with Crippen LogP contribution in [0.25, 0.3) is 106 Å². The van der Waals surface area contributed by atoms with Crippen molar-refractivity contribution in [1.82, 2.24) is 19.5 Å². The first-order valence-electron chi connectivity index (χ1n) is 18.8. The van der Waals surface area contributed by atoms with E-state index in [0.29, 0.717) is 17.5 Å². The number of furan rings is 1. The van der Waals surface area contributed by atoms with Gasteiger partial charge < -0.3 is 8.98 Å². The van der Waals surface area contributed by atoms with Gasteiger partial charge in [-0.2, -0.15) is 0 Å². The highest BCUT2D eigenvalue weighted by atomic mass is 16.3. The highest BCUT2D eigenvalue weighted by molar-refractivity contribution is 6.23. The van der Waals surface area contributed by atoms with Gasteiger partial charge in [0.2, 0.25) is 0 Å². The summed E-state index contributed by atoms with van der Waals surface area (Å²) in [6, 6.07) is 67.3. The molecular weight excluding hydrogens is 685 g/mol. The number of rotatable bonds is 6. The fourth-order valence-corrected chi connectivity index (χ4v) is 8.05. The van der Waals surface area contributed by atoms with E-state index in [4.69, 9.17) is 19.4 Å². The van der Waals surface area contributed by atoms with E-state index in [9.17, 15) is 0 Å². The second-order valence-electron chi connectivity index (χ2n) is 14.0. The fourth-order valence-electron chi connectivity index (χ4n) is 8.05. The standard InChI is InChI=1S/C51H32N4O/c1-4-15-33(16-5-1)36-21-12-23-38(31-36)50-52-49(35-19-8-3-9-20-35)53-51(54-50)43-26-14-28-45-46(43)42-30-29-41-40-25-10-11-27-44(40)55(47(41)48(42)56-45)39-24-13-22-37(32-39)34-17-6-2-7-18-34/h1-32H. The molecule has 0 spiro atoms.